The fourth-order valence-electron chi connectivity index (χ4n) is 2.78. The second-order valence-corrected chi connectivity index (χ2v) is 7.15. The molecule has 0 heterocycles. The third-order valence-corrected chi connectivity index (χ3v) is 4.70. The molecule has 3 aromatic rings. The van der Waals surface area contributed by atoms with Crippen LogP contribution in [-0.4, -0.2) is 18.4 Å². The van der Waals surface area contributed by atoms with Crippen molar-refractivity contribution in [3.63, 3.8) is 0 Å². The third-order valence-electron chi connectivity index (χ3n) is 4.39. The van der Waals surface area contributed by atoms with Crippen molar-refractivity contribution < 1.29 is 14.0 Å². The van der Waals surface area contributed by atoms with E-state index >= 15 is 0 Å². The zero-order valence-corrected chi connectivity index (χ0v) is 17.1. The number of carbonyl (C=O) groups excluding carboxylic acids is 2. The molecule has 0 saturated heterocycles. The Morgan fingerprint density at radius 3 is 2.43 bits per heavy atom. The summed E-state index contributed by atoms with van der Waals surface area (Å²) in [6.45, 7) is 2.32. The molecule has 0 radical (unpaired) electrons. The molecule has 0 unspecified atom stereocenters. The first-order valence-corrected chi connectivity index (χ1v) is 9.72. The lowest BCUT2D eigenvalue weighted by Gasteiger charge is -2.13. The van der Waals surface area contributed by atoms with E-state index in [0.29, 0.717) is 23.5 Å². The molecule has 3 rings (SSSR count). The van der Waals surface area contributed by atoms with Gasteiger partial charge < -0.3 is 16.0 Å². The molecule has 0 aliphatic carbocycles. The fourth-order valence-corrected chi connectivity index (χ4v) is 2.99. The first kappa shape index (κ1) is 21.3. The van der Waals surface area contributed by atoms with Crippen molar-refractivity contribution in [1.29, 1.82) is 0 Å². The van der Waals surface area contributed by atoms with E-state index in [1.807, 2.05) is 31.2 Å². The zero-order chi connectivity index (χ0) is 21.5. The summed E-state index contributed by atoms with van der Waals surface area (Å²) in [6, 6.07) is 18.6. The second kappa shape index (κ2) is 9.89. The molecule has 0 aromatic heterocycles. The first-order valence-electron chi connectivity index (χ1n) is 9.34. The van der Waals surface area contributed by atoms with Gasteiger partial charge >= 0.3 is 0 Å². The van der Waals surface area contributed by atoms with Crippen molar-refractivity contribution in [1.82, 2.24) is 5.32 Å². The molecule has 3 N–H and O–H groups in total. The van der Waals surface area contributed by atoms with Crippen LogP contribution >= 0.6 is 11.6 Å². The van der Waals surface area contributed by atoms with E-state index in [0.717, 1.165) is 17.2 Å². The maximum atomic E-state index is 13.1. The number of anilines is 2. The average molecular weight is 426 g/mol. The molecule has 0 aliphatic heterocycles. The van der Waals surface area contributed by atoms with Gasteiger partial charge in [-0.2, -0.15) is 0 Å². The van der Waals surface area contributed by atoms with E-state index in [2.05, 4.69) is 16.0 Å². The standard InChI is InChI=1S/C23H21ClFN3O2/c1-15-6-8-16(9-7-15)13-27-23(30)18-4-2-3-5-20(18)26-14-22(29)28-21-11-10-17(25)12-19(21)24/h2-12,26H,13-14H2,1H3,(H,27,30)(H,28,29). The minimum atomic E-state index is -0.485. The minimum Gasteiger partial charge on any atom is -0.376 e. The lowest BCUT2D eigenvalue weighted by atomic mass is 10.1. The number of rotatable bonds is 7. The molecule has 0 aliphatic rings. The van der Waals surface area contributed by atoms with Crippen LogP contribution in [0.3, 0.4) is 0 Å². The van der Waals surface area contributed by atoms with Gasteiger partial charge in [0.15, 0.2) is 0 Å². The quantitative estimate of drug-likeness (QED) is 0.510. The summed E-state index contributed by atoms with van der Waals surface area (Å²) < 4.78 is 13.1. The summed E-state index contributed by atoms with van der Waals surface area (Å²) >= 11 is 5.92. The molecule has 154 valence electrons. The van der Waals surface area contributed by atoms with Crippen LogP contribution in [0.15, 0.2) is 66.7 Å². The number of carbonyl (C=O) groups is 2. The number of halogens is 2. The van der Waals surface area contributed by atoms with Gasteiger partial charge in [-0.15, -0.1) is 0 Å². The average Bonchev–Trinajstić information content (AvgIpc) is 2.74. The lowest BCUT2D eigenvalue weighted by molar-refractivity contribution is -0.114. The second-order valence-electron chi connectivity index (χ2n) is 6.74. The third kappa shape index (κ3) is 5.81. The maximum Gasteiger partial charge on any atom is 0.253 e. The number of nitrogens with one attached hydrogen (secondary N) is 3. The van der Waals surface area contributed by atoms with E-state index in [1.54, 1.807) is 24.3 Å². The summed E-state index contributed by atoms with van der Waals surface area (Å²) in [7, 11) is 0. The highest BCUT2D eigenvalue weighted by Crippen LogP contribution is 2.22. The molecule has 0 atom stereocenters. The van der Waals surface area contributed by atoms with E-state index in [4.69, 9.17) is 11.6 Å². The largest absolute Gasteiger partial charge is 0.376 e. The number of hydrogen-bond donors (Lipinski definition) is 3. The van der Waals surface area contributed by atoms with E-state index in [1.165, 1.54) is 12.1 Å². The van der Waals surface area contributed by atoms with Crippen LogP contribution in [0.2, 0.25) is 5.02 Å². The summed E-state index contributed by atoms with van der Waals surface area (Å²) in [6.07, 6.45) is 0. The number of aryl methyl sites for hydroxylation is 1. The van der Waals surface area contributed by atoms with E-state index in [9.17, 15) is 14.0 Å². The highest BCUT2D eigenvalue weighted by Gasteiger charge is 2.12. The predicted molar refractivity (Wildman–Crippen MR) is 117 cm³/mol. The number of benzene rings is 3. The van der Waals surface area contributed by atoms with Crippen LogP contribution in [0.25, 0.3) is 0 Å². The molecular weight excluding hydrogens is 405 g/mol. The van der Waals surface area contributed by atoms with Gasteiger partial charge in [0.2, 0.25) is 5.91 Å². The van der Waals surface area contributed by atoms with Gasteiger partial charge in [0.05, 0.1) is 22.8 Å². The van der Waals surface area contributed by atoms with Crippen molar-refractivity contribution >= 4 is 34.8 Å². The Hall–Kier alpha value is -3.38. The summed E-state index contributed by atoms with van der Waals surface area (Å²) in [5.74, 6) is -1.11. The molecule has 3 aromatic carbocycles. The molecule has 7 heteroatoms. The van der Waals surface area contributed by atoms with Gasteiger partial charge in [0.1, 0.15) is 5.82 Å². The van der Waals surface area contributed by atoms with Gasteiger partial charge in [-0.3, -0.25) is 9.59 Å². The molecular formula is C23H21ClFN3O2. The highest BCUT2D eigenvalue weighted by molar-refractivity contribution is 6.33. The van der Waals surface area contributed by atoms with Crippen molar-refractivity contribution in [2.75, 3.05) is 17.2 Å². The minimum absolute atomic E-state index is 0.0873. The molecule has 5 nitrogen and oxygen atoms in total. The SMILES string of the molecule is Cc1ccc(CNC(=O)c2ccccc2NCC(=O)Nc2ccc(F)cc2Cl)cc1. The Morgan fingerprint density at radius 2 is 1.70 bits per heavy atom. The van der Waals surface area contributed by atoms with Gasteiger partial charge in [-0.25, -0.2) is 4.39 Å². The van der Waals surface area contributed by atoms with Crippen LogP contribution in [0.4, 0.5) is 15.8 Å². The zero-order valence-electron chi connectivity index (χ0n) is 16.3. The van der Waals surface area contributed by atoms with Crippen molar-refractivity contribution in [2.24, 2.45) is 0 Å². The van der Waals surface area contributed by atoms with Gasteiger partial charge in [-0.1, -0.05) is 53.6 Å². The van der Waals surface area contributed by atoms with Crippen LogP contribution in [0.1, 0.15) is 21.5 Å². The van der Waals surface area contributed by atoms with Crippen LogP contribution in [-0.2, 0) is 11.3 Å². The Balaban J connectivity index is 1.59. The maximum absolute atomic E-state index is 13.1. The summed E-state index contributed by atoms with van der Waals surface area (Å²) in [5.41, 5.74) is 3.42. The molecule has 0 spiro atoms. The van der Waals surface area contributed by atoms with Gasteiger partial charge in [-0.05, 0) is 42.8 Å². The Bertz CT molecular complexity index is 1050. The molecule has 30 heavy (non-hydrogen) atoms. The number of hydrogen-bond acceptors (Lipinski definition) is 3. The van der Waals surface area contributed by atoms with E-state index < -0.39 is 5.82 Å². The lowest BCUT2D eigenvalue weighted by Crippen LogP contribution is -2.26. The monoisotopic (exact) mass is 425 g/mol. The van der Waals surface area contributed by atoms with Crippen LogP contribution < -0.4 is 16.0 Å². The Morgan fingerprint density at radius 1 is 0.967 bits per heavy atom. The smallest absolute Gasteiger partial charge is 0.253 e. The fraction of sp³-hybridized carbons (Fsp3) is 0.130. The predicted octanol–water partition coefficient (Wildman–Crippen LogP) is 4.77. The summed E-state index contributed by atoms with van der Waals surface area (Å²) in [5, 5.41) is 8.56. The van der Waals surface area contributed by atoms with Crippen molar-refractivity contribution in [3.05, 3.63) is 94.3 Å². The molecule has 0 bridgehead atoms. The number of para-hydroxylation sites is 1. The Labute approximate surface area is 179 Å². The molecule has 2 amide bonds. The summed E-state index contributed by atoms with van der Waals surface area (Å²) in [4.78, 5) is 24.8. The van der Waals surface area contributed by atoms with Crippen LogP contribution in [0.5, 0.6) is 0 Å². The normalized spacial score (nSPS) is 10.4. The first-order chi connectivity index (χ1) is 14.4. The van der Waals surface area contributed by atoms with Crippen molar-refractivity contribution in [3.8, 4) is 0 Å². The topological polar surface area (TPSA) is 70.2 Å². The van der Waals surface area contributed by atoms with Gasteiger partial charge in [0.25, 0.3) is 5.91 Å². The molecule has 0 fully saturated rings. The van der Waals surface area contributed by atoms with Gasteiger partial charge in [0, 0.05) is 12.2 Å². The van der Waals surface area contributed by atoms with E-state index in [-0.39, 0.29) is 23.4 Å². The van der Waals surface area contributed by atoms with Crippen LogP contribution in [0, 0.1) is 12.7 Å². The number of amides is 2. The van der Waals surface area contributed by atoms with Crippen molar-refractivity contribution in [2.45, 2.75) is 13.5 Å². The molecule has 0 saturated carbocycles. The Kier molecular flexibility index (Phi) is 7.03. The highest BCUT2D eigenvalue weighted by atomic mass is 35.5.